The van der Waals surface area contributed by atoms with Gasteiger partial charge in [-0.05, 0) is 96.3 Å². The van der Waals surface area contributed by atoms with Crippen molar-refractivity contribution < 1.29 is 19.4 Å². The molecule has 0 atom stereocenters. The maximum absolute atomic E-state index is 12.0. The number of unbranched alkanes of at least 4 members (excludes halogenated alkanes) is 22. The van der Waals surface area contributed by atoms with E-state index in [-0.39, 0.29) is 12.1 Å². The number of aliphatic hydroxyl groups is 1. The van der Waals surface area contributed by atoms with E-state index in [4.69, 9.17) is 4.74 Å². The lowest BCUT2D eigenvalue weighted by molar-refractivity contribution is -0.143. The third-order valence-electron chi connectivity index (χ3n) is 12.7. The molecule has 0 bridgehead atoms. The largest absolute Gasteiger partial charge is 0.466 e. The Kier molecular flexibility index (Phi) is 44.3. The molecule has 0 spiro atoms. The Bertz CT molecular complexity index is 858. The molecule has 1 N–H and O–H groups in total. The zero-order valence-corrected chi connectivity index (χ0v) is 41.0. The van der Waals surface area contributed by atoms with Crippen LogP contribution in [0.4, 0.5) is 0 Å². The number of piperidine rings is 1. The Hall–Kier alpha value is -0.980. The number of nitrogens with zero attached hydrogens (tertiary/aromatic N) is 2. The fourth-order valence-corrected chi connectivity index (χ4v) is 8.50. The van der Waals surface area contributed by atoms with E-state index in [0.29, 0.717) is 18.8 Å². The number of hydrogen-bond donors (Lipinski definition) is 1. The molecule has 0 aromatic rings. The summed E-state index contributed by atoms with van der Waals surface area (Å²) in [6, 6.07) is 0. The van der Waals surface area contributed by atoms with E-state index in [9.17, 15) is 14.7 Å². The third kappa shape index (κ3) is 44.9. The van der Waals surface area contributed by atoms with Crippen molar-refractivity contribution >= 4 is 11.8 Å². The van der Waals surface area contributed by atoms with E-state index in [1.807, 2.05) is 0 Å². The second-order valence-corrected chi connectivity index (χ2v) is 19.4. The first-order valence-electron chi connectivity index (χ1n) is 26.5. The Morgan fingerprint density at radius 3 is 1.49 bits per heavy atom. The van der Waals surface area contributed by atoms with Gasteiger partial charge in [0.15, 0.2) is 0 Å². The lowest BCUT2D eigenvalue weighted by Crippen LogP contribution is -2.38. The fraction of sp³-hybridized carbons (Fsp3) is 0.962. The molecule has 0 aliphatic carbocycles. The van der Waals surface area contributed by atoms with Gasteiger partial charge in [0, 0.05) is 25.9 Å². The maximum Gasteiger partial charge on any atom is 0.305 e. The lowest BCUT2D eigenvalue weighted by atomic mass is 9.96. The molecule has 1 heterocycles. The zero-order chi connectivity index (χ0) is 43.4. The van der Waals surface area contributed by atoms with Crippen LogP contribution in [-0.2, 0) is 14.3 Å². The maximum atomic E-state index is 12.0. The number of carbonyl (C=O) groups excluding carboxylic acids is 2. The van der Waals surface area contributed by atoms with Crippen molar-refractivity contribution in [3.8, 4) is 0 Å². The minimum atomic E-state index is -0.0945. The van der Waals surface area contributed by atoms with Gasteiger partial charge in [-0.3, -0.25) is 4.79 Å². The fourth-order valence-electron chi connectivity index (χ4n) is 8.50. The summed E-state index contributed by atoms with van der Waals surface area (Å²) in [5, 5.41) is 9.76. The van der Waals surface area contributed by atoms with Crippen LogP contribution >= 0.6 is 0 Å². The molecule has 1 saturated heterocycles. The summed E-state index contributed by atoms with van der Waals surface area (Å²) in [5.41, 5.74) is 0. The normalized spacial score (nSPS) is 13.7. The van der Waals surface area contributed by atoms with Gasteiger partial charge in [-0.15, -0.1) is 0 Å². The van der Waals surface area contributed by atoms with Crippen LogP contribution in [0.2, 0.25) is 0 Å². The van der Waals surface area contributed by atoms with Crippen molar-refractivity contribution in [2.45, 2.75) is 272 Å². The molecule has 352 valence electrons. The van der Waals surface area contributed by atoms with Gasteiger partial charge in [-0.2, -0.15) is 0 Å². The van der Waals surface area contributed by atoms with Crippen LogP contribution < -0.4 is 0 Å². The number of esters is 1. The molecule has 1 fully saturated rings. The number of ketones is 1. The van der Waals surface area contributed by atoms with Crippen LogP contribution in [0.1, 0.15) is 266 Å². The summed E-state index contributed by atoms with van der Waals surface area (Å²) in [6.07, 6.45) is 43.6. The molecular formula is C53H106N2O4. The van der Waals surface area contributed by atoms with Crippen molar-refractivity contribution in [3.05, 3.63) is 0 Å². The van der Waals surface area contributed by atoms with E-state index in [1.54, 1.807) is 6.92 Å². The third-order valence-corrected chi connectivity index (χ3v) is 12.7. The minimum absolute atomic E-state index is 0.0134. The Morgan fingerprint density at radius 1 is 0.559 bits per heavy atom. The minimum Gasteiger partial charge on any atom is -0.466 e. The molecule has 1 rings (SSSR count). The number of rotatable bonds is 42. The molecule has 1 aliphatic rings. The van der Waals surface area contributed by atoms with E-state index in [0.717, 1.165) is 83.0 Å². The van der Waals surface area contributed by atoms with E-state index >= 15 is 0 Å². The SMILES string of the molecule is CC(=O)CCCCCCCN(CCCCCCCC(=O)OCCCCCCCC(C)C)CCCN1CCC(O)CC1.CCCCCCCCC(C)CCCCCCCC. The van der Waals surface area contributed by atoms with Crippen LogP contribution in [0.15, 0.2) is 0 Å². The van der Waals surface area contributed by atoms with Gasteiger partial charge < -0.3 is 24.4 Å². The molecule has 6 heteroatoms. The summed E-state index contributed by atoms with van der Waals surface area (Å²) in [7, 11) is 0. The predicted molar refractivity (Wildman–Crippen MR) is 257 cm³/mol. The van der Waals surface area contributed by atoms with E-state index in [2.05, 4.69) is 44.4 Å². The second-order valence-electron chi connectivity index (χ2n) is 19.4. The number of aliphatic hydroxyl groups excluding tert-OH is 1. The highest BCUT2D eigenvalue weighted by Gasteiger charge is 2.17. The van der Waals surface area contributed by atoms with Crippen molar-refractivity contribution in [2.24, 2.45) is 11.8 Å². The highest BCUT2D eigenvalue weighted by molar-refractivity contribution is 5.75. The smallest absolute Gasteiger partial charge is 0.305 e. The van der Waals surface area contributed by atoms with Crippen molar-refractivity contribution in [3.63, 3.8) is 0 Å². The molecule has 59 heavy (non-hydrogen) atoms. The highest BCUT2D eigenvalue weighted by Crippen LogP contribution is 2.19. The van der Waals surface area contributed by atoms with Gasteiger partial charge in [0.1, 0.15) is 5.78 Å². The van der Waals surface area contributed by atoms with Crippen LogP contribution in [0.25, 0.3) is 0 Å². The standard InChI is InChI=1S/C35H68N2O4.C18H38/c1-32(2)20-13-7-6-12-18-31-41-35(40)22-15-9-5-11-17-26-36(25-16-10-4-8-14-21-33(3)38)27-19-28-37-29-23-34(39)24-30-37;1-4-6-8-10-12-14-16-18(3)17-15-13-11-9-7-5-2/h32,34,39H,4-31H2,1-3H3;18H,4-17H2,1-3H3. The van der Waals surface area contributed by atoms with Crippen LogP contribution in [0, 0.1) is 11.8 Å². The van der Waals surface area contributed by atoms with Crippen molar-refractivity contribution in [1.82, 2.24) is 9.80 Å². The quantitative estimate of drug-likeness (QED) is 0.0488. The molecule has 6 nitrogen and oxygen atoms in total. The number of carbonyl (C=O) groups is 2. The molecule has 0 amide bonds. The van der Waals surface area contributed by atoms with Crippen molar-refractivity contribution in [1.29, 1.82) is 0 Å². The number of hydrogen-bond acceptors (Lipinski definition) is 6. The van der Waals surface area contributed by atoms with Crippen LogP contribution in [-0.4, -0.2) is 78.6 Å². The average molecular weight is 835 g/mol. The van der Waals surface area contributed by atoms with Crippen molar-refractivity contribution in [2.75, 3.05) is 45.9 Å². The molecular weight excluding hydrogens is 729 g/mol. The summed E-state index contributed by atoms with van der Waals surface area (Å²) in [4.78, 5) is 28.3. The lowest BCUT2D eigenvalue weighted by Gasteiger charge is -2.30. The Balaban J connectivity index is 0.00000156. The zero-order valence-electron chi connectivity index (χ0n) is 41.0. The number of Topliss-reactive ketones (excluding diaryl/α,β-unsaturated/α-hetero) is 1. The first kappa shape index (κ1) is 58.0. The number of likely N-dealkylation sites (tertiary alicyclic amines) is 1. The van der Waals surface area contributed by atoms with Gasteiger partial charge in [0.05, 0.1) is 12.7 Å². The van der Waals surface area contributed by atoms with E-state index < -0.39 is 0 Å². The van der Waals surface area contributed by atoms with Crippen LogP contribution in [0.5, 0.6) is 0 Å². The van der Waals surface area contributed by atoms with E-state index in [1.165, 1.54) is 186 Å². The molecule has 0 radical (unpaired) electrons. The topological polar surface area (TPSA) is 70.1 Å². The molecule has 0 saturated carbocycles. The Labute approximate surface area is 369 Å². The van der Waals surface area contributed by atoms with Gasteiger partial charge in [-0.1, -0.05) is 195 Å². The Morgan fingerprint density at radius 2 is 0.983 bits per heavy atom. The second kappa shape index (κ2) is 45.1. The molecule has 0 unspecified atom stereocenters. The monoisotopic (exact) mass is 835 g/mol. The molecule has 0 aromatic heterocycles. The van der Waals surface area contributed by atoms with Gasteiger partial charge >= 0.3 is 5.97 Å². The molecule has 0 aromatic carbocycles. The summed E-state index contributed by atoms with van der Waals surface area (Å²) in [5.74, 6) is 2.08. The first-order valence-corrected chi connectivity index (χ1v) is 26.5. The predicted octanol–water partition coefficient (Wildman–Crippen LogP) is 15.1. The van der Waals surface area contributed by atoms with Crippen LogP contribution in [0.3, 0.4) is 0 Å². The summed E-state index contributed by atoms with van der Waals surface area (Å²) in [6.45, 7) is 20.6. The first-order chi connectivity index (χ1) is 28.7. The average Bonchev–Trinajstić information content (AvgIpc) is 3.21. The summed E-state index contributed by atoms with van der Waals surface area (Å²) >= 11 is 0. The number of ether oxygens (including phenoxy) is 1. The van der Waals surface area contributed by atoms with Gasteiger partial charge in [-0.25, -0.2) is 0 Å². The molecule has 1 aliphatic heterocycles. The highest BCUT2D eigenvalue weighted by atomic mass is 16.5. The summed E-state index contributed by atoms with van der Waals surface area (Å²) < 4.78 is 5.43. The van der Waals surface area contributed by atoms with Gasteiger partial charge in [0.2, 0.25) is 0 Å². The van der Waals surface area contributed by atoms with Gasteiger partial charge in [0.25, 0.3) is 0 Å².